The smallest absolute Gasteiger partial charge is 0.332 e. The Morgan fingerprint density at radius 1 is 1.45 bits per heavy atom. The molecule has 1 rings (SSSR count). The van der Waals surface area contributed by atoms with Crippen LogP contribution >= 0.6 is 0 Å². The van der Waals surface area contributed by atoms with E-state index in [1.54, 1.807) is 20.2 Å². The molecule has 2 N–H and O–H groups in total. The monoisotopic (exact) mass is 301 g/mol. The van der Waals surface area contributed by atoms with E-state index in [1.165, 1.54) is 0 Å². The molecule has 0 saturated carbocycles. The van der Waals surface area contributed by atoms with Crippen molar-refractivity contribution >= 4 is 28.3 Å². The summed E-state index contributed by atoms with van der Waals surface area (Å²) in [7, 11) is 0.734. The van der Waals surface area contributed by atoms with Crippen molar-refractivity contribution in [3.63, 3.8) is 0 Å². The summed E-state index contributed by atoms with van der Waals surface area (Å²) < 4.78 is 11.3. The number of anilines is 2. The normalized spacial score (nSPS) is 13.6. The second kappa shape index (κ2) is 7.13. The molecule has 0 bridgehead atoms. The minimum absolute atomic E-state index is 0.0215. The van der Waals surface area contributed by atoms with Crippen LogP contribution in [0.1, 0.15) is 19.0 Å². The topological polar surface area (TPSA) is 110 Å². The molecule has 0 fully saturated rings. The fraction of sp³-hybridized carbons (Fsp3) is 0.636. The van der Waals surface area contributed by atoms with E-state index in [1.807, 2.05) is 6.92 Å². The highest BCUT2D eigenvalue weighted by Crippen LogP contribution is 2.26. The molecule has 0 saturated heterocycles. The van der Waals surface area contributed by atoms with Crippen LogP contribution in [0.15, 0.2) is 0 Å². The maximum absolute atomic E-state index is 11.3. The molecule has 1 heterocycles. The molecule has 1 aromatic rings. The van der Waals surface area contributed by atoms with Crippen LogP contribution in [0, 0.1) is 17.0 Å². The maximum atomic E-state index is 11.3. The third-order valence-corrected chi connectivity index (χ3v) is 4.24. The van der Waals surface area contributed by atoms with Gasteiger partial charge < -0.3 is 10.6 Å². The van der Waals surface area contributed by atoms with Gasteiger partial charge in [-0.15, -0.1) is 0 Å². The molecule has 1 aromatic heterocycles. The van der Waals surface area contributed by atoms with E-state index in [4.69, 9.17) is 0 Å². The molecule has 0 aliphatic carbocycles. The van der Waals surface area contributed by atoms with E-state index in [9.17, 15) is 14.3 Å². The Labute approximate surface area is 120 Å². The van der Waals surface area contributed by atoms with Crippen molar-refractivity contribution in [2.24, 2.45) is 0 Å². The minimum atomic E-state index is -0.912. The quantitative estimate of drug-likeness (QED) is 0.577. The summed E-state index contributed by atoms with van der Waals surface area (Å²) in [6.45, 7) is 3.90. The summed E-state index contributed by atoms with van der Waals surface area (Å²) >= 11 is 0. The fourth-order valence-electron chi connectivity index (χ4n) is 1.58. The Morgan fingerprint density at radius 2 is 2.10 bits per heavy atom. The predicted octanol–water partition coefficient (Wildman–Crippen LogP) is 1.30. The summed E-state index contributed by atoms with van der Waals surface area (Å²) in [5, 5.41) is 16.8. The van der Waals surface area contributed by atoms with Gasteiger partial charge in [0, 0.05) is 35.9 Å². The SMILES string of the molecule is CNc1nc(C)c([N+](=O)[O-])c(NCCC(C)S(C)=O)n1. The molecular formula is C11H19N5O3S. The standard InChI is InChI=1S/C11H19N5O3S/c1-7(20(4)19)5-6-13-10-9(16(17)18)8(2)14-11(12-3)15-10/h7H,5-6H2,1-4H3,(H2,12,13,14,15). The molecule has 9 heteroatoms. The van der Waals surface area contributed by atoms with Crippen molar-refractivity contribution in [3.8, 4) is 0 Å². The van der Waals surface area contributed by atoms with Crippen molar-refractivity contribution in [1.29, 1.82) is 0 Å². The Hall–Kier alpha value is -1.77. The molecule has 2 unspecified atom stereocenters. The van der Waals surface area contributed by atoms with Gasteiger partial charge in [0.15, 0.2) is 0 Å². The highest BCUT2D eigenvalue weighted by Gasteiger charge is 2.21. The predicted molar refractivity (Wildman–Crippen MR) is 79.6 cm³/mol. The molecule has 2 atom stereocenters. The third kappa shape index (κ3) is 4.12. The lowest BCUT2D eigenvalue weighted by Gasteiger charge is -2.11. The second-order valence-corrected chi connectivity index (χ2v) is 6.16. The van der Waals surface area contributed by atoms with E-state index in [2.05, 4.69) is 20.6 Å². The number of rotatable bonds is 7. The number of nitrogens with zero attached hydrogens (tertiary/aromatic N) is 3. The molecule has 0 aliphatic heterocycles. The fourth-order valence-corrected chi connectivity index (χ4v) is 2.03. The highest BCUT2D eigenvalue weighted by atomic mass is 32.2. The van der Waals surface area contributed by atoms with Gasteiger partial charge in [0.05, 0.1) is 4.92 Å². The van der Waals surface area contributed by atoms with Crippen LogP contribution in [0.2, 0.25) is 0 Å². The zero-order valence-corrected chi connectivity index (χ0v) is 12.8. The van der Waals surface area contributed by atoms with Crippen LogP contribution in [0.5, 0.6) is 0 Å². The Kier molecular flexibility index (Phi) is 5.81. The van der Waals surface area contributed by atoms with Gasteiger partial charge in [-0.2, -0.15) is 4.98 Å². The lowest BCUT2D eigenvalue weighted by molar-refractivity contribution is -0.385. The van der Waals surface area contributed by atoms with Gasteiger partial charge in [0.25, 0.3) is 0 Å². The molecular weight excluding hydrogens is 282 g/mol. The van der Waals surface area contributed by atoms with Crippen LogP contribution in [0.25, 0.3) is 0 Å². The Balaban J connectivity index is 2.89. The van der Waals surface area contributed by atoms with Gasteiger partial charge in [0.1, 0.15) is 5.69 Å². The first-order valence-corrected chi connectivity index (χ1v) is 7.75. The van der Waals surface area contributed by atoms with Crippen LogP contribution in [0.4, 0.5) is 17.5 Å². The van der Waals surface area contributed by atoms with E-state index >= 15 is 0 Å². The molecule has 0 radical (unpaired) electrons. The van der Waals surface area contributed by atoms with Crippen LogP contribution in [-0.2, 0) is 10.8 Å². The first-order chi connectivity index (χ1) is 9.36. The van der Waals surface area contributed by atoms with Crippen LogP contribution < -0.4 is 10.6 Å². The lowest BCUT2D eigenvalue weighted by Crippen LogP contribution is -2.16. The number of hydrogen-bond acceptors (Lipinski definition) is 7. The van der Waals surface area contributed by atoms with E-state index in [-0.39, 0.29) is 16.8 Å². The van der Waals surface area contributed by atoms with E-state index < -0.39 is 15.7 Å². The number of aromatic nitrogens is 2. The van der Waals surface area contributed by atoms with Gasteiger partial charge in [0.2, 0.25) is 11.8 Å². The van der Waals surface area contributed by atoms with E-state index in [0.717, 1.165) is 0 Å². The first-order valence-electron chi connectivity index (χ1n) is 6.13. The molecule has 0 aromatic carbocycles. The van der Waals surface area contributed by atoms with Gasteiger partial charge in [-0.05, 0) is 13.3 Å². The highest BCUT2D eigenvalue weighted by molar-refractivity contribution is 7.84. The maximum Gasteiger partial charge on any atom is 0.332 e. The largest absolute Gasteiger partial charge is 0.364 e. The molecule has 0 aliphatic rings. The Morgan fingerprint density at radius 3 is 2.60 bits per heavy atom. The summed E-state index contributed by atoms with van der Waals surface area (Å²) in [6.07, 6.45) is 2.28. The van der Waals surface area contributed by atoms with Crippen LogP contribution in [-0.4, -0.2) is 44.2 Å². The van der Waals surface area contributed by atoms with Crippen LogP contribution in [0.3, 0.4) is 0 Å². The van der Waals surface area contributed by atoms with E-state index in [0.29, 0.717) is 24.6 Å². The number of aryl methyl sites for hydroxylation is 1. The minimum Gasteiger partial charge on any atom is -0.364 e. The molecule has 112 valence electrons. The zero-order valence-electron chi connectivity index (χ0n) is 12.0. The number of nitro groups is 1. The summed E-state index contributed by atoms with van der Waals surface area (Å²) in [5.41, 5.74) is 0.165. The van der Waals surface area contributed by atoms with Crippen molar-refractivity contribution in [3.05, 3.63) is 15.8 Å². The van der Waals surface area contributed by atoms with Crippen molar-refractivity contribution in [2.75, 3.05) is 30.5 Å². The lowest BCUT2D eigenvalue weighted by atomic mass is 10.3. The zero-order chi connectivity index (χ0) is 15.3. The van der Waals surface area contributed by atoms with Gasteiger partial charge >= 0.3 is 5.69 Å². The third-order valence-electron chi connectivity index (χ3n) is 2.87. The summed E-state index contributed by atoms with van der Waals surface area (Å²) in [6, 6.07) is 0. The number of nitrogens with one attached hydrogen (secondary N) is 2. The second-order valence-electron chi connectivity index (χ2n) is 4.36. The summed E-state index contributed by atoms with van der Waals surface area (Å²) in [4.78, 5) is 18.6. The first kappa shape index (κ1) is 16.3. The Bertz CT molecular complexity index is 523. The number of hydrogen-bond donors (Lipinski definition) is 2. The average Bonchev–Trinajstić information content (AvgIpc) is 2.37. The summed E-state index contributed by atoms with van der Waals surface area (Å²) in [5.74, 6) is 0.503. The molecule has 0 amide bonds. The van der Waals surface area contributed by atoms with Gasteiger partial charge in [-0.1, -0.05) is 6.92 Å². The molecule has 8 nitrogen and oxygen atoms in total. The van der Waals surface area contributed by atoms with Gasteiger partial charge in [-0.3, -0.25) is 14.3 Å². The average molecular weight is 301 g/mol. The van der Waals surface area contributed by atoms with Crippen molar-refractivity contribution in [1.82, 2.24) is 9.97 Å². The van der Waals surface area contributed by atoms with Gasteiger partial charge in [-0.25, -0.2) is 4.98 Å². The molecule has 0 spiro atoms. The van der Waals surface area contributed by atoms with Crippen molar-refractivity contribution < 1.29 is 9.13 Å². The van der Waals surface area contributed by atoms with Crippen molar-refractivity contribution in [2.45, 2.75) is 25.5 Å². The molecule has 20 heavy (non-hydrogen) atoms.